The molecule has 108 valence electrons. The van der Waals surface area contributed by atoms with Gasteiger partial charge in [-0.05, 0) is 25.8 Å². The maximum Gasteiger partial charge on any atom is 0.192 e. The minimum Gasteiger partial charge on any atom is -0.308 e. The molecule has 1 aromatic heterocycles. The van der Waals surface area contributed by atoms with Gasteiger partial charge in [0.1, 0.15) is 5.69 Å². The molecule has 0 fully saturated rings. The number of halogens is 1. The fourth-order valence-corrected chi connectivity index (χ4v) is 2.72. The van der Waals surface area contributed by atoms with Crippen LogP contribution in [0.2, 0.25) is 5.02 Å². The van der Waals surface area contributed by atoms with Crippen LogP contribution >= 0.6 is 23.4 Å². The maximum absolute atomic E-state index is 12.2. The van der Waals surface area contributed by atoms with Gasteiger partial charge >= 0.3 is 0 Å². The molecular weight excluding hydrogens is 282 g/mol. The first-order valence-electron chi connectivity index (χ1n) is 6.38. The number of carbonyl (C=O) groups is 1. The highest BCUT2D eigenvalue weighted by molar-refractivity contribution is 7.99. The van der Waals surface area contributed by atoms with Crippen LogP contribution in [-0.2, 0) is 6.54 Å². The molecule has 4 nitrogen and oxygen atoms in total. The molecule has 0 amide bonds. The number of aromatic nitrogens is 2. The number of carbonyl (C=O) groups excluding carboxylic acids is 1. The number of rotatable bonds is 8. The van der Waals surface area contributed by atoms with Crippen molar-refractivity contribution in [3.05, 3.63) is 16.9 Å². The minimum absolute atomic E-state index is 0.0620. The molecule has 0 aliphatic heterocycles. The Morgan fingerprint density at radius 3 is 2.79 bits per heavy atom. The molecule has 1 heterocycles. The number of hydrogen-bond acceptors (Lipinski definition) is 4. The van der Waals surface area contributed by atoms with E-state index in [1.165, 1.54) is 0 Å². The van der Waals surface area contributed by atoms with E-state index in [9.17, 15) is 4.79 Å². The molecule has 0 saturated carbocycles. The summed E-state index contributed by atoms with van der Waals surface area (Å²) in [6, 6.07) is 0. The summed E-state index contributed by atoms with van der Waals surface area (Å²) in [5.74, 6) is 2.10. The number of Topliss-reactive ketones (excluding diaryl/α,β-unsaturated/α-hetero) is 1. The van der Waals surface area contributed by atoms with Gasteiger partial charge in [-0.2, -0.15) is 16.9 Å². The second-order valence-electron chi connectivity index (χ2n) is 5.20. The smallest absolute Gasteiger partial charge is 0.192 e. The normalized spacial score (nSPS) is 11.5. The van der Waals surface area contributed by atoms with E-state index in [-0.39, 0.29) is 5.78 Å². The summed E-state index contributed by atoms with van der Waals surface area (Å²) in [6.45, 7) is 5.80. The number of likely N-dealkylation sites (N-methyl/N-ethyl adjacent to an activating group) is 1. The molecule has 0 N–H and O–H groups in total. The molecule has 1 aromatic rings. The van der Waals surface area contributed by atoms with Crippen molar-refractivity contribution < 1.29 is 4.79 Å². The van der Waals surface area contributed by atoms with Crippen molar-refractivity contribution in [2.75, 3.05) is 32.1 Å². The second-order valence-corrected chi connectivity index (χ2v) is 6.64. The molecule has 0 bridgehead atoms. The van der Waals surface area contributed by atoms with E-state index < -0.39 is 0 Å². The van der Waals surface area contributed by atoms with Gasteiger partial charge < -0.3 is 4.90 Å². The Morgan fingerprint density at radius 2 is 2.21 bits per heavy atom. The van der Waals surface area contributed by atoms with E-state index in [4.69, 9.17) is 11.6 Å². The van der Waals surface area contributed by atoms with E-state index in [1.54, 1.807) is 22.6 Å². The summed E-state index contributed by atoms with van der Waals surface area (Å²) >= 11 is 7.72. The zero-order valence-electron chi connectivity index (χ0n) is 12.0. The molecule has 0 saturated heterocycles. The first kappa shape index (κ1) is 16.5. The van der Waals surface area contributed by atoms with Gasteiger partial charge in [0.15, 0.2) is 5.78 Å². The summed E-state index contributed by atoms with van der Waals surface area (Å²) in [4.78, 5) is 14.2. The SMILES string of the molecule is CC(C)CSCC(=O)c1c(Cl)cnn1CCN(C)C. The molecule has 6 heteroatoms. The zero-order valence-corrected chi connectivity index (χ0v) is 13.6. The second kappa shape index (κ2) is 7.92. The highest BCUT2D eigenvalue weighted by Gasteiger charge is 2.17. The molecular formula is C13H22ClN3OS. The number of thioether (sulfide) groups is 1. The monoisotopic (exact) mass is 303 g/mol. The third-order valence-electron chi connectivity index (χ3n) is 2.50. The van der Waals surface area contributed by atoms with Gasteiger partial charge in [0.2, 0.25) is 0 Å². The molecule has 0 unspecified atom stereocenters. The average Bonchev–Trinajstić information content (AvgIpc) is 2.67. The quantitative estimate of drug-likeness (QED) is 0.692. The summed E-state index contributed by atoms with van der Waals surface area (Å²) in [7, 11) is 3.98. The molecule has 0 atom stereocenters. The van der Waals surface area contributed by atoms with Crippen LogP contribution in [0, 0.1) is 5.92 Å². The topological polar surface area (TPSA) is 38.1 Å². The Labute approximate surface area is 124 Å². The summed E-state index contributed by atoms with van der Waals surface area (Å²) in [5, 5.41) is 4.63. The average molecular weight is 304 g/mol. The predicted molar refractivity (Wildman–Crippen MR) is 82.3 cm³/mol. The van der Waals surface area contributed by atoms with Crippen molar-refractivity contribution >= 4 is 29.1 Å². The fraction of sp³-hybridized carbons (Fsp3) is 0.692. The van der Waals surface area contributed by atoms with Crippen molar-refractivity contribution in [2.24, 2.45) is 5.92 Å². The Kier molecular flexibility index (Phi) is 6.89. The molecule has 0 aliphatic rings. The standard InChI is InChI=1S/C13H22ClN3OS/c1-10(2)8-19-9-12(18)13-11(14)7-15-17(13)6-5-16(3)4/h7,10H,5-6,8-9H2,1-4H3. The van der Waals surface area contributed by atoms with Gasteiger partial charge in [-0.1, -0.05) is 25.4 Å². The van der Waals surface area contributed by atoms with E-state index >= 15 is 0 Å². The van der Waals surface area contributed by atoms with Gasteiger partial charge in [0.25, 0.3) is 0 Å². The van der Waals surface area contributed by atoms with Crippen LogP contribution in [0.15, 0.2) is 6.20 Å². The van der Waals surface area contributed by atoms with Crippen LogP contribution < -0.4 is 0 Å². The summed E-state index contributed by atoms with van der Waals surface area (Å²) in [6.07, 6.45) is 1.55. The minimum atomic E-state index is 0.0620. The van der Waals surface area contributed by atoms with Crippen LogP contribution in [0.1, 0.15) is 24.3 Å². The van der Waals surface area contributed by atoms with E-state index in [0.717, 1.165) is 12.3 Å². The lowest BCUT2D eigenvalue weighted by molar-refractivity contribution is 0.101. The maximum atomic E-state index is 12.2. The van der Waals surface area contributed by atoms with Crippen molar-refractivity contribution in [2.45, 2.75) is 20.4 Å². The van der Waals surface area contributed by atoms with Crippen LogP contribution in [0.4, 0.5) is 0 Å². The van der Waals surface area contributed by atoms with E-state index in [0.29, 0.717) is 28.9 Å². The number of ketones is 1. The molecule has 0 spiro atoms. The predicted octanol–water partition coefficient (Wildman–Crippen LogP) is 2.67. The van der Waals surface area contributed by atoms with E-state index in [2.05, 4.69) is 23.8 Å². The first-order valence-corrected chi connectivity index (χ1v) is 7.92. The van der Waals surface area contributed by atoms with Crippen molar-refractivity contribution in [1.82, 2.24) is 14.7 Å². The summed E-state index contributed by atoms with van der Waals surface area (Å²) < 4.78 is 1.71. The third-order valence-corrected chi connectivity index (χ3v) is 4.15. The van der Waals surface area contributed by atoms with Gasteiger partial charge in [-0.3, -0.25) is 9.48 Å². The van der Waals surface area contributed by atoms with Crippen LogP contribution in [0.5, 0.6) is 0 Å². The Bertz CT molecular complexity index is 418. The van der Waals surface area contributed by atoms with Crippen molar-refractivity contribution in [3.8, 4) is 0 Å². The van der Waals surface area contributed by atoms with Crippen molar-refractivity contribution in [3.63, 3.8) is 0 Å². The van der Waals surface area contributed by atoms with Crippen LogP contribution in [0.3, 0.4) is 0 Å². The number of hydrogen-bond donors (Lipinski definition) is 0. The molecule has 0 radical (unpaired) electrons. The van der Waals surface area contributed by atoms with Crippen molar-refractivity contribution in [1.29, 1.82) is 0 Å². The van der Waals surface area contributed by atoms with Gasteiger partial charge in [-0.15, -0.1) is 0 Å². The highest BCUT2D eigenvalue weighted by Crippen LogP contribution is 2.18. The first-order chi connectivity index (χ1) is 8.91. The van der Waals surface area contributed by atoms with Gasteiger partial charge in [0.05, 0.1) is 23.5 Å². The Morgan fingerprint density at radius 1 is 1.53 bits per heavy atom. The molecule has 0 aromatic carbocycles. The molecule has 19 heavy (non-hydrogen) atoms. The third kappa shape index (κ3) is 5.55. The molecule has 0 aliphatic carbocycles. The lowest BCUT2D eigenvalue weighted by Gasteiger charge is -2.11. The molecule has 1 rings (SSSR count). The fourth-order valence-electron chi connectivity index (χ4n) is 1.56. The zero-order chi connectivity index (χ0) is 14.4. The largest absolute Gasteiger partial charge is 0.308 e. The highest BCUT2D eigenvalue weighted by atomic mass is 35.5. The Hall–Kier alpha value is -0.520. The van der Waals surface area contributed by atoms with Gasteiger partial charge in [0, 0.05) is 6.54 Å². The Balaban J connectivity index is 2.64. The van der Waals surface area contributed by atoms with E-state index in [1.807, 2.05) is 14.1 Å². The van der Waals surface area contributed by atoms with Crippen LogP contribution in [-0.4, -0.2) is 52.6 Å². The summed E-state index contributed by atoms with van der Waals surface area (Å²) in [5.41, 5.74) is 0.541. The number of nitrogens with zero attached hydrogens (tertiary/aromatic N) is 3. The lowest BCUT2D eigenvalue weighted by atomic mass is 10.3. The van der Waals surface area contributed by atoms with Gasteiger partial charge in [-0.25, -0.2) is 0 Å². The lowest BCUT2D eigenvalue weighted by Crippen LogP contribution is -2.22. The van der Waals surface area contributed by atoms with Crippen LogP contribution in [0.25, 0.3) is 0 Å².